The third-order valence-electron chi connectivity index (χ3n) is 2.97. The molecule has 0 bridgehead atoms. The van der Waals surface area contributed by atoms with E-state index in [1.54, 1.807) is 7.11 Å². The highest BCUT2D eigenvalue weighted by atomic mass is 79.9. The van der Waals surface area contributed by atoms with Crippen LogP contribution in [0.2, 0.25) is 0 Å². The van der Waals surface area contributed by atoms with Crippen LogP contribution in [0.15, 0.2) is 22.7 Å². The lowest BCUT2D eigenvalue weighted by atomic mass is 9.84. The number of methoxy groups -OCH3 is 1. The van der Waals surface area contributed by atoms with E-state index in [9.17, 15) is 0 Å². The van der Waals surface area contributed by atoms with Crippen molar-refractivity contribution in [2.75, 3.05) is 20.2 Å². The first-order valence-electron chi connectivity index (χ1n) is 6.17. The highest BCUT2D eigenvalue weighted by molar-refractivity contribution is 9.10. The maximum atomic E-state index is 5.74. The molecule has 0 aliphatic heterocycles. The Labute approximate surface area is 118 Å². The second-order valence-electron chi connectivity index (χ2n) is 5.34. The summed E-state index contributed by atoms with van der Waals surface area (Å²) in [6.45, 7) is 8.17. The lowest BCUT2D eigenvalue weighted by molar-refractivity contribution is 0.410. The van der Waals surface area contributed by atoms with E-state index in [-0.39, 0.29) is 11.5 Å². The van der Waals surface area contributed by atoms with Crippen LogP contribution in [0, 0.1) is 0 Å². The summed E-state index contributed by atoms with van der Waals surface area (Å²) in [6.07, 6.45) is 0. The van der Waals surface area contributed by atoms with Crippen LogP contribution in [0.3, 0.4) is 0 Å². The van der Waals surface area contributed by atoms with Crippen LogP contribution < -0.4 is 15.8 Å². The number of benzene rings is 1. The highest BCUT2D eigenvalue weighted by Gasteiger charge is 2.21. The van der Waals surface area contributed by atoms with E-state index in [1.165, 1.54) is 5.56 Å². The normalized spacial score (nSPS) is 13.4. The Kier molecular flexibility index (Phi) is 5.63. The fraction of sp³-hybridized carbons (Fsp3) is 0.571. The molecule has 0 spiro atoms. The summed E-state index contributed by atoms with van der Waals surface area (Å²) < 4.78 is 6.23. The van der Waals surface area contributed by atoms with Crippen LogP contribution in [0.25, 0.3) is 0 Å². The van der Waals surface area contributed by atoms with Crippen molar-refractivity contribution in [3.05, 3.63) is 28.2 Å². The Morgan fingerprint density at radius 3 is 2.61 bits per heavy atom. The van der Waals surface area contributed by atoms with Gasteiger partial charge in [0, 0.05) is 24.5 Å². The zero-order valence-corrected chi connectivity index (χ0v) is 13.2. The standard InChI is InChI=1S/C14H23BrN2O/c1-10(16)8-17-9-14(2,3)11-5-6-13(18-4)12(15)7-11/h5-7,10,17H,8-9,16H2,1-4H3. The van der Waals surface area contributed by atoms with Crippen LogP contribution in [0.4, 0.5) is 0 Å². The van der Waals surface area contributed by atoms with Gasteiger partial charge in [0.1, 0.15) is 5.75 Å². The molecule has 0 saturated carbocycles. The molecular formula is C14H23BrN2O. The molecule has 1 aromatic carbocycles. The van der Waals surface area contributed by atoms with Gasteiger partial charge < -0.3 is 15.8 Å². The van der Waals surface area contributed by atoms with Gasteiger partial charge in [0.05, 0.1) is 11.6 Å². The molecule has 4 heteroatoms. The van der Waals surface area contributed by atoms with Gasteiger partial charge in [-0.1, -0.05) is 19.9 Å². The Bertz CT molecular complexity index is 391. The van der Waals surface area contributed by atoms with Crippen molar-refractivity contribution in [3.63, 3.8) is 0 Å². The number of nitrogens with two attached hydrogens (primary N) is 1. The smallest absolute Gasteiger partial charge is 0.133 e. The van der Waals surface area contributed by atoms with Gasteiger partial charge in [-0.2, -0.15) is 0 Å². The summed E-state index contributed by atoms with van der Waals surface area (Å²) in [5.41, 5.74) is 7.07. The molecule has 3 N–H and O–H groups in total. The zero-order valence-electron chi connectivity index (χ0n) is 11.6. The first kappa shape index (κ1) is 15.5. The largest absolute Gasteiger partial charge is 0.496 e. The molecule has 0 heterocycles. The number of rotatable bonds is 6. The average Bonchev–Trinajstić information content (AvgIpc) is 2.28. The maximum absolute atomic E-state index is 5.74. The third-order valence-corrected chi connectivity index (χ3v) is 3.59. The number of hydrogen-bond acceptors (Lipinski definition) is 3. The SMILES string of the molecule is COc1ccc(C(C)(C)CNCC(C)N)cc1Br. The first-order valence-corrected chi connectivity index (χ1v) is 6.96. The van der Waals surface area contributed by atoms with Gasteiger partial charge >= 0.3 is 0 Å². The Balaban J connectivity index is 2.75. The van der Waals surface area contributed by atoms with Crippen molar-refractivity contribution in [2.24, 2.45) is 5.73 Å². The van der Waals surface area contributed by atoms with Crippen LogP contribution >= 0.6 is 15.9 Å². The summed E-state index contributed by atoms with van der Waals surface area (Å²) in [7, 11) is 1.68. The molecule has 1 aromatic rings. The minimum Gasteiger partial charge on any atom is -0.496 e. The molecule has 3 nitrogen and oxygen atoms in total. The summed E-state index contributed by atoms with van der Waals surface area (Å²) in [6, 6.07) is 6.40. The van der Waals surface area contributed by atoms with Gasteiger partial charge in [0.25, 0.3) is 0 Å². The average molecular weight is 315 g/mol. The van der Waals surface area contributed by atoms with Crippen molar-refractivity contribution in [2.45, 2.75) is 32.2 Å². The number of ether oxygens (including phenoxy) is 1. The Morgan fingerprint density at radius 2 is 2.11 bits per heavy atom. The van der Waals surface area contributed by atoms with E-state index < -0.39 is 0 Å². The number of nitrogens with one attached hydrogen (secondary N) is 1. The molecule has 0 fully saturated rings. The zero-order chi connectivity index (χ0) is 13.8. The van der Waals surface area contributed by atoms with Crippen molar-refractivity contribution >= 4 is 15.9 Å². The van der Waals surface area contributed by atoms with Crippen LogP contribution in [-0.4, -0.2) is 26.2 Å². The first-order chi connectivity index (χ1) is 8.36. The van der Waals surface area contributed by atoms with E-state index in [2.05, 4.69) is 47.2 Å². The van der Waals surface area contributed by atoms with E-state index in [0.717, 1.165) is 23.3 Å². The van der Waals surface area contributed by atoms with E-state index in [1.807, 2.05) is 13.0 Å². The van der Waals surface area contributed by atoms with Gasteiger partial charge in [-0.05, 0) is 40.5 Å². The summed E-state index contributed by atoms with van der Waals surface area (Å²) in [4.78, 5) is 0. The van der Waals surface area contributed by atoms with Gasteiger partial charge in [0.15, 0.2) is 0 Å². The Morgan fingerprint density at radius 1 is 1.44 bits per heavy atom. The minimum absolute atomic E-state index is 0.0592. The fourth-order valence-corrected chi connectivity index (χ4v) is 2.34. The molecule has 0 radical (unpaired) electrons. The monoisotopic (exact) mass is 314 g/mol. The van der Waals surface area contributed by atoms with E-state index in [4.69, 9.17) is 10.5 Å². The van der Waals surface area contributed by atoms with Crippen molar-refractivity contribution in [1.29, 1.82) is 0 Å². The van der Waals surface area contributed by atoms with E-state index in [0.29, 0.717) is 0 Å². The van der Waals surface area contributed by atoms with Gasteiger partial charge in [-0.15, -0.1) is 0 Å². The van der Waals surface area contributed by atoms with Gasteiger partial charge in [-0.25, -0.2) is 0 Å². The molecule has 0 aromatic heterocycles. The quantitative estimate of drug-likeness (QED) is 0.848. The molecular weight excluding hydrogens is 292 g/mol. The van der Waals surface area contributed by atoms with Crippen LogP contribution in [-0.2, 0) is 5.41 Å². The van der Waals surface area contributed by atoms with E-state index >= 15 is 0 Å². The lowest BCUT2D eigenvalue weighted by Gasteiger charge is -2.27. The van der Waals surface area contributed by atoms with Crippen molar-refractivity contribution < 1.29 is 4.74 Å². The second-order valence-corrected chi connectivity index (χ2v) is 6.20. The molecule has 0 aliphatic carbocycles. The molecule has 18 heavy (non-hydrogen) atoms. The molecule has 1 rings (SSSR count). The second kappa shape index (κ2) is 6.55. The minimum atomic E-state index is 0.0592. The van der Waals surface area contributed by atoms with Crippen LogP contribution in [0.5, 0.6) is 5.75 Å². The molecule has 1 unspecified atom stereocenters. The van der Waals surface area contributed by atoms with Crippen LogP contribution in [0.1, 0.15) is 26.3 Å². The van der Waals surface area contributed by atoms with Gasteiger partial charge in [0.2, 0.25) is 0 Å². The fourth-order valence-electron chi connectivity index (χ4n) is 1.80. The summed E-state index contributed by atoms with van der Waals surface area (Å²) in [5.74, 6) is 0.859. The predicted octanol–water partition coefficient (Wildman–Crippen LogP) is 2.67. The highest BCUT2D eigenvalue weighted by Crippen LogP contribution is 2.31. The molecule has 0 saturated heterocycles. The third kappa shape index (κ3) is 4.26. The molecule has 0 aliphatic rings. The maximum Gasteiger partial charge on any atom is 0.133 e. The van der Waals surface area contributed by atoms with Crippen molar-refractivity contribution in [1.82, 2.24) is 5.32 Å². The molecule has 1 atom stereocenters. The van der Waals surface area contributed by atoms with Crippen molar-refractivity contribution in [3.8, 4) is 5.75 Å². The predicted molar refractivity (Wildman–Crippen MR) is 80.2 cm³/mol. The number of halogens is 1. The lowest BCUT2D eigenvalue weighted by Crippen LogP contribution is -2.38. The molecule has 0 amide bonds. The summed E-state index contributed by atoms with van der Waals surface area (Å²) in [5, 5.41) is 3.40. The Hall–Kier alpha value is -0.580. The molecule has 102 valence electrons. The van der Waals surface area contributed by atoms with Gasteiger partial charge in [-0.3, -0.25) is 0 Å². The number of hydrogen-bond donors (Lipinski definition) is 2. The summed E-state index contributed by atoms with van der Waals surface area (Å²) >= 11 is 3.53. The topological polar surface area (TPSA) is 47.3 Å².